The van der Waals surface area contributed by atoms with Crippen LogP contribution in [-0.4, -0.2) is 25.0 Å². The van der Waals surface area contributed by atoms with Crippen molar-refractivity contribution >= 4 is 35.0 Å². The van der Waals surface area contributed by atoms with E-state index in [4.69, 9.17) is 33.6 Å². The number of rotatable bonds is 5. The summed E-state index contributed by atoms with van der Waals surface area (Å²) in [5.41, 5.74) is 1.61. The molecular formula is C17H12Cl2N6OS. The number of nitrogens with zero attached hydrogens (tertiary/aromatic N) is 5. The minimum absolute atomic E-state index is 0.408. The van der Waals surface area contributed by atoms with Crippen molar-refractivity contribution in [2.75, 3.05) is 5.84 Å². The second-order valence-electron chi connectivity index (χ2n) is 5.49. The van der Waals surface area contributed by atoms with Gasteiger partial charge in [0.1, 0.15) is 0 Å². The molecule has 2 aromatic carbocycles. The number of nitrogens with two attached hydrogens (primary N) is 1. The summed E-state index contributed by atoms with van der Waals surface area (Å²) in [6.45, 7) is 0. The molecule has 0 amide bonds. The van der Waals surface area contributed by atoms with Crippen LogP contribution in [0.3, 0.4) is 0 Å². The fourth-order valence-corrected chi connectivity index (χ4v) is 3.37. The molecule has 2 heterocycles. The van der Waals surface area contributed by atoms with Gasteiger partial charge < -0.3 is 10.4 Å². The summed E-state index contributed by atoms with van der Waals surface area (Å²) < 4.78 is 6.70. The van der Waals surface area contributed by atoms with Gasteiger partial charge in [-0.05, 0) is 36.4 Å². The van der Waals surface area contributed by atoms with E-state index in [0.29, 0.717) is 38.5 Å². The van der Waals surface area contributed by atoms with E-state index in [0.717, 1.165) is 11.1 Å². The lowest BCUT2D eigenvalue weighted by molar-refractivity contribution is 0.391. The summed E-state index contributed by atoms with van der Waals surface area (Å²) in [6.07, 6.45) is 0. The molecule has 10 heteroatoms. The second kappa shape index (κ2) is 7.59. The lowest BCUT2D eigenvalue weighted by atomic mass is 10.2. The number of nitrogen functional groups attached to an aromatic ring is 1. The molecule has 0 radical (unpaired) electrons. The van der Waals surface area contributed by atoms with Crippen molar-refractivity contribution in [3.63, 3.8) is 0 Å². The van der Waals surface area contributed by atoms with Crippen LogP contribution in [0.4, 0.5) is 0 Å². The maximum atomic E-state index is 6.11. The molecule has 4 aromatic rings. The molecule has 0 aliphatic heterocycles. The van der Waals surface area contributed by atoms with Gasteiger partial charge in [0.25, 0.3) is 0 Å². The first-order valence-corrected chi connectivity index (χ1v) is 9.52. The third kappa shape index (κ3) is 3.92. The Kier molecular flexibility index (Phi) is 5.02. The van der Waals surface area contributed by atoms with Crippen LogP contribution in [0, 0.1) is 0 Å². The van der Waals surface area contributed by atoms with Crippen LogP contribution in [0.1, 0.15) is 5.89 Å². The van der Waals surface area contributed by atoms with Gasteiger partial charge in [-0.15, -0.1) is 10.2 Å². The Hall–Kier alpha value is -2.55. The van der Waals surface area contributed by atoms with Gasteiger partial charge in [0.2, 0.25) is 16.9 Å². The molecular weight excluding hydrogens is 407 g/mol. The smallest absolute Gasteiger partial charge is 0.237 e. The summed E-state index contributed by atoms with van der Waals surface area (Å²) in [7, 11) is 0. The minimum Gasteiger partial charge on any atom is -0.338 e. The van der Waals surface area contributed by atoms with Gasteiger partial charge in [-0.2, -0.15) is 4.98 Å². The predicted molar refractivity (Wildman–Crippen MR) is 105 cm³/mol. The van der Waals surface area contributed by atoms with Crippen LogP contribution in [-0.2, 0) is 5.75 Å². The van der Waals surface area contributed by atoms with E-state index in [1.807, 2.05) is 24.3 Å². The van der Waals surface area contributed by atoms with Gasteiger partial charge >= 0.3 is 0 Å². The molecule has 0 aliphatic rings. The van der Waals surface area contributed by atoms with Crippen LogP contribution < -0.4 is 5.84 Å². The molecule has 27 heavy (non-hydrogen) atoms. The zero-order valence-electron chi connectivity index (χ0n) is 13.7. The summed E-state index contributed by atoms with van der Waals surface area (Å²) in [4.78, 5) is 4.37. The molecule has 136 valence electrons. The molecule has 0 aliphatic carbocycles. The largest absolute Gasteiger partial charge is 0.338 e. The highest BCUT2D eigenvalue weighted by atomic mass is 35.5. The maximum absolute atomic E-state index is 6.11. The number of halogens is 2. The first-order valence-electron chi connectivity index (χ1n) is 7.78. The molecule has 0 spiro atoms. The van der Waals surface area contributed by atoms with Crippen molar-refractivity contribution in [2.45, 2.75) is 10.9 Å². The number of aromatic nitrogens is 5. The maximum Gasteiger partial charge on any atom is 0.237 e. The Bertz CT molecular complexity index is 1080. The van der Waals surface area contributed by atoms with Crippen LogP contribution in [0.15, 0.2) is 58.2 Å². The number of hydrogen-bond acceptors (Lipinski definition) is 7. The second-order valence-corrected chi connectivity index (χ2v) is 7.31. The Labute approximate surface area is 168 Å². The van der Waals surface area contributed by atoms with Crippen molar-refractivity contribution in [2.24, 2.45) is 0 Å². The van der Waals surface area contributed by atoms with Gasteiger partial charge in [0.05, 0.1) is 5.75 Å². The van der Waals surface area contributed by atoms with Gasteiger partial charge in [0.15, 0.2) is 5.82 Å². The molecule has 0 unspecified atom stereocenters. The lowest BCUT2D eigenvalue weighted by Crippen LogP contribution is -2.11. The fourth-order valence-electron chi connectivity index (χ4n) is 2.36. The standard InChI is InChI=1S/C17H12Cl2N6OS/c18-12-6-4-10(5-7-12)15-21-14(26-24-15)9-27-17-23-22-16(25(17)20)11-2-1-3-13(19)8-11/h1-8H,9,20H2. The van der Waals surface area contributed by atoms with E-state index in [2.05, 4.69) is 20.3 Å². The van der Waals surface area contributed by atoms with Crippen molar-refractivity contribution in [1.29, 1.82) is 0 Å². The normalized spacial score (nSPS) is 11.0. The van der Waals surface area contributed by atoms with E-state index >= 15 is 0 Å². The summed E-state index contributed by atoms with van der Waals surface area (Å²) in [6, 6.07) is 14.5. The minimum atomic E-state index is 0.408. The molecule has 7 nitrogen and oxygen atoms in total. The van der Waals surface area contributed by atoms with Crippen LogP contribution in [0.2, 0.25) is 10.0 Å². The molecule has 0 atom stereocenters. The first kappa shape index (κ1) is 17.8. The van der Waals surface area contributed by atoms with Crippen molar-refractivity contribution in [3.05, 3.63) is 64.5 Å². The Morgan fingerprint density at radius 1 is 1.00 bits per heavy atom. The number of thioether (sulfide) groups is 1. The van der Waals surface area contributed by atoms with Crippen molar-refractivity contribution < 1.29 is 4.52 Å². The zero-order valence-corrected chi connectivity index (χ0v) is 16.0. The third-order valence-corrected chi connectivity index (χ3v) is 5.06. The Morgan fingerprint density at radius 3 is 2.59 bits per heavy atom. The van der Waals surface area contributed by atoms with Crippen LogP contribution in [0.25, 0.3) is 22.8 Å². The molecule has 4 rings (SSSR count). The van der Waals surface area contributed by atoms with Gasteiger partial charge in [0, 0.05) is 21.2 Å². The molecule has 0 fully saturated rings. The van der Waals surface area contributed by atoms with Crippen LogP contribution >= 0.6 is 35.0 Å². The van der Waals surface area contributed by atoms with Crippen LogP contribution in [0.5, 0.6) is 0 Å². The highest BCUT2D eigenvalue weighted by Crippen LogP contribution is 2.26. The van der Waals surface area contributed by atoms with E-state index in [1.54, 1.807) is 24.3 Å². The number of benzene rings is 2. The summed E-state index contributed by atoms with van der Waals surface area (Å²) in [5.74, 6) is 7.99. The molecule has 2 aromatic heterocycles. The van der Waals surface area contributed by atoms with E-state index in [-0.39, 0.29) is 0 Å². The monoisotopic (exact) mass is 418 g/mol. The van der Waals surface area contributed by atoms with Gasteiger partial charge in [-0.3, -0.25) is 0 Å². The molecule has 0 bridgehead atoms. The highest BCUT2D eigenvalue weighted by molar-refractivity contribution is 7.98. The molecule has 0 saturated carbocycles. The van der Waals surface area contributed by atoms with Gasteiger partial charge in [-0.25, -0.2) is 4.68 Å². The average molecular weight is 419 g/mol. The third-order valence-electron chi connectivity index (χ3n) is 3.64. The van der Waals surface area contributed by atoms with Crippen molar-refractivity contribution in [1.82, 2.24) is 25.0 Å². The summed E-state index contributed by atoms with van der Waals surface area (Å²) >= 11 is 13.3. The number of hydrogen-bond donors (Lipinski definition) is 1. The molecule has 0 saturated heterocycles. The lowest BCUT2D eigenvalue weighted by Gasteiger charge is -2.03. The fraction of sp³-hybridized carbons (Fsp3) is 0.0588. The zero-order chi connectivity index (χ0) is 18.8. The van der Waals surface area contributed by atoms with E-state index in [9.17, 15) is 0 Å². The topological polar surface area (TPSA) is 95.7 Å². The Balaban J connectivity index is 1.47. The predicted octanol–water partition coefficient (Wildman–Crippen LogP) is 4.31. The van der Waals surface area contributed by atoms with E-state index in [1.165, 1.54) is 16.4 Å². The highest BCUT2D eigenvalue weighted by Gasteiger charge is 2.15. The SMILES string of the molecule is Nn1c(SCc2nc(-c3ccc(Cl)cc3)no2)nnc1-c1cccc(Cl)c1. The van der Waals surface area contributed by atoms with Crippen molar-refractivity contribution in [3.8, 4) is 22.8 Å². The Morgan fingerprint density at radius 2 is 1.81 bits per heavy atom. The summed E-state index contributed by atoms with van der Waals surface area (Å²) in [5, 5.41) is 14.0. The average Bonchev–Trinajstić information content (AvgIpc) is 3.27. The van der Waals surface area contributed by atoms with E-state index < -0.39 is 0 Å². The first-order chi connectivity index (χ1) is 13.1. The van der Waals surface area contributed by atoms with Gasteiger partial charge in [-0.1, -0.05) is 52.3 Å². The molecule has 2 N–H and O–H groups in total. The quantitative estimate of drug-likeness (QED) is 0.380.